The smallest absolute Gasteiger partial charge is 0.226 e. The van der Waals surface area contributed by atoms with Crippen molar-refractivity contribution in [2.45, 2.75) is 25.7 Å². The fourth-order valence-corrected chi connectivity index (χ4v) is 3.17. The van der Waals surface area contributed by atoms with Crippen molar-refractivity contribution in [2.75, 3.05) is 26.2 Å². The molecule has 2 aliphatic rings. The Morgan fingerprint density at radius 1 is 1.05 bits per heavy atom. The Balaban J connectivity index is 1.53. The van der Waals surface area contributed by atoms with Crippen LogP contribution in [0.25, 0.3) is 0 Å². The second kappa shape index (κ2) is 5.88. The predicted molar refractivity (Wildman–Crippen MR) is 80.7 cm³/mol. The molecule has 1 aliphatic carbocycles. The maximum absolute atomic E-state index is 12.5. The average Bonchev–Trinajstić information content (AvgIpc) is 3.35. The molecule has 1 aliphatic heterocycles. The van der Waals surface area contributed by atoms with Gasteiger partial charge >= 0.3 is 0 Å². The SMILES string of the molecule is CCC(=O)N1CCN(C(=O)C2CC2c2ccccc2)CC1. The summed E-state index contributed by atoms with van der Waals surface area (Å²) in [6, 6.07) is 10.3. The monoisotopic (exact) mass is 286 g/mol. The Kier molecular flexibility index (Phi) is 3.95. The van der Waals surface area contributed by atoms with Gasteiger partial charge in [-0.1, -0.05) is 37.3 Å². The molecular formula is C17H22N2O2. The largest absolute Gasteiger partial charge is 0.339 e. The van der Waals surface area contributed by atoms with Crippen molar-refractivity contribution >= 4 is 11.8 Å². The third-order valence-corrected chi connectivity index (χ3v) is 4.58. The molecule has 0 N–H and O–H groups in total. The van der Waals surface area contributed by atoms with Gasteiger partial charge in [0.05, 0.1) is 0 Å². The molecule has 2 fully saturated rings. The Morgan fingerprint density at radius 3 is 2.29 bits per heavy atom. The van der Waals surface area contributed by atoms with E-state index in [1.54, 1.807) is 0 Å². The Morgan fingerprint density at radius 2 is 1.67 bits per heavy atom. The van der Waals surface area contributed by atoms with E-state index in [1.165, 1.54) is 5.56 Å². The molecule has 4 nitrogen and oxygen atoms in total. The fourth-order valence-electron chi connectivity index (χ4n) is 3.17. The van der Waals surface area contributed by atoms with Gasteiger partial charge in [0, 0.05) is 38.5 Å². The van der Waals surface area contributed by atoms with Gasteiger partial charge in [-0.25, -0.2) is 0 Å². The van der Waals surface area contributed by atoms with Crippen LogP contribution in [0.15, 0.2) is 30.3 Å². The van der Waals surface area contributed by atoms with E-state index in [0.717, 1.165) is 6.42 Å². The molecule has 0 spiro atoms. The molecule has 1 aromatic carbocycles. The lowest BCUT2D eigenvalue weighted by atomic mass is 10.1. The Hall–Kier alpha value is -1.84. The third kappa shape index (κ3) is 2.94. The van der Waals surface area contributed by atoms with Crippen LogP contribution in [0.4, 0.5) is 0 Å². The first-order chi connectivity index (χ1) is 10.2. The van der Waals surface area contributed by atoms with Gasteiger partial charge in [0.15, 0.2) is 0 Å². The van der Waals surface area contributed by atoms with Crippen molar-refractivity contribution in [2.24, 2.45) is 5.92 Å². The van der Waals surface area contributed by atoms with Gasteiger partial charge in [-0.15, -0.1) is 0 Å². The summed E-state index contributed by atoms with van der Waals surface area (Å²) in [5, 5.41) is 0. The molecule has 1 saturated carbocycles. The summed E-state index contributed by atoms with van der Waals surface area (Å²) in [5.41, 5.74) is 1.27. The molecule has 2 amide bonds. The van der Waals surface area contributed by atoms with Crippen molar-refractivity contribution in [3.63, 3.8) is 0 Å². The summed E-state index contributed by atoms with van der Waals surface area (Å²) in [4.78, 5) is 28.0. The molecule has 1 saturated heterocycles. The molecule has 1 heterocycles. The number of amides is 2. The summed E-state index contributed by atoms with van der Waals surface area (Å²) >= 11 is 0. The summed E-state index contributed by atoms with van der Waals surface area (Å²) in [6.45, 7) is 4.61. The highest BCUT2D eigenvalue weighted by atomic mass is 16.2. The first kappa shape index (κ1) is 14.1. The van der Waals surface area contributed by atoms with Crippen LogP contribution in [0, 0.1) is 5.92 Å². The third-order valence-electron chi connectivity index (χ3n) is 4.58. The van der Waals surface area contributed by atoms with E-state index in [1.807, 2.05) is 34.9 Å². The molecule has 0 aromatic heterocycles. The normalized spacial score (nSPS) is 24.8. The number of benzene rings is 1. The minimum atomic E-state index is 0.154. The zero-order valence-electron chi connectivity index (χ0n) is 12.5. The van der Waals surface area contributed by atoms with E-state index in [4.69, 9.17) is 0 Å². The topological polar surface area (TPSA) is 40.6 Å². The van der Waals surface area contributed by atoms with Crippen LogP contribution in [0.3, 0.4) is 0 Å². The van der Waals surface area contributed by atoms with Crippen molar-refractivity contribution in [3.8, 4) is 0 Å². The lowest BCUT2D eigenvalue weighted by Crippen LogP contribution is -2.51. The number of piperazine rings is 1. The number of nitrogens with zero attached hydrogens (tertiary/aromatic N) is 2. The standard InChI is InChI=1S/C17H22N2O2/c1-2-16(20)18-8-10-19(11-9-18)17(21)15-12-14(15)13-6-4-3-5-7-13/h3-7,14-15H,2,8-12H2,1H3. The van der Waals surface area contributed by atoms with E-state index in [9.17, 15) is 9.59 Å². The second-order valence-corrected chi connectivity index (χ2v) is 5.92. The Bertz CT molecular complexity index is 521. The van der Waals surface area contributed by atoms with Crippen LogP contribution in [-0.4, -0.2) is 47.8 Å². The number of carbonyl (C=O) groups is 2. The molecular weight excluding hydrogens is 264 g/mol. The van der Waals surface area contributed by atoms with Crippen molar-refractivity contribution in [1.29, 1.82) is 0 Å². The summed E-state index contributed by atoms with van der Waals surface area (Å²) in [7, 11) is 0. The predicted octanol–water partition coefficient (Wildman–Crippen LogP) is 1.87. The maximum atomic E-state index is 12.5. The van der Waals surface area contributed by atoms with Crippen LogP contribution in [0.5, 0.6) is 0 Å². The second-order valence-electron chi connectivity index (χ2n) is 5.92. The highest BCUT2D eigenvalue weighted by molar-refractivity contribution is 5.83. The van der Waals surface area contributed by atoms with Crippen LogP contribution < -0.4 is 0 Å². The van der Waals surface area contributed by atoms with Crippen LogP contribution >= 0.6 is 0 Å². The zero-order chi connectivity index (χ0) is 14.8. The lowest BCUT2D eigenvalue weighted by Gasteiger charge is -2.35. The van der Waals surface area contributed by atoms with Gasteiger partial charge in [0.25, 0.3) is 0 Å². The first-order valence-corrected chi connectivity index (χ1v) is 7.82. The molecule has 2 atom stereocenters. The molecule has 2 unspecified atom stereocenters. The van der Waals surface area contributed by atoms with E-state index in [0.29, 0.717) is 38.5 Å². The van der Waals surface area contributed by atoms with Gasteiger partial charge < -0.3 is 9.80 Å². The van der Waals surface area contributed by atoms with E-state index in [2.05, 4.69) is 12.1 Å². The van der Waals surface area contributed by atoms with Crippen molar-refractivity contribution in [3.05, 3.63) is 35.9 Å². The highest BCUT2D eigenvalue weighted by Crippen LogP contribution is 2.48. The minimum Gasteiger partial charge on any atom is -0.339 e. The van der Waals surface area contributed by atoms with E-state index < -0.39 is 0 Å². The minimum absolute atomic E-state index is 0.154. The number of hydrogen-bond donors (Lipinski definition) is 0. The highest BCUT2D eigenvalue weighted by Gasteiger charge is 2.46. The molecule has 0 radical (unpaired) electrons. The van der Waals surface area contributed by atoms with E-state index >= 15 is 0 Å². The van der Waals surface area contributed by atoms with Crippen LogP contribution in [0.2, 0.25) is 0 Å². The maximum Gasteiger partial charge on any atom is 0.226 e. The molecule has 21 heavy (non-hydrogen) atoms. The first-order valence-electron chi connectivity index (χ1n) is 7.82. The van der Waals surface area contributed by atoms with E-state index in [-0.39, 0.29) is 17.7 Å². The van der Waals surface area contributed by atoms with Gasteiger partial charge in [-0.05, 0) is 17.9 Å². The fraction of sp³-hybridized carbons (Fsp3) is 0.529. The Labute approximate surface area is 125 Å². The summed E-state index contributed by atoms with van der Waals surface area (Å²) < 4.78 is 0. The summed E-state index contributed by atoms with van der Waals surface area (Å²) in [6.07, 6.45) is 1.52. The molecule has 3 rings (SSSR count). The van der Waals surface area contributed by atoms with Crippen molar-refractivity contribution < 1.29 is 9.59 Å². The van der Waals surface area contributed by atoms with Gasteiger partial charge in [-0.2, -0.15) is 0 Å². The summed E-state index contributed by atoms with van der Waals surface area (Å²) in [5.74, 6) is 1.01. The average molecular weight is 286 g/mol. The number of hydrogen-bond acceptors (Lipinski definition) is 2. The molecule has 112 valence electrons. The van der Waals surface area contributed by atoms with Crippen LogP contribution in [0.1, 0.15) is 31.2 Å². The lowest BCUT2D eigenvalue weighted by molar-refractivity contribution is -0.140. The molecule has 4 heteroatoms. The quantitative estimate of drug-likeness (QED) is 0.851. The van der Waals surface area contributed by atoms with Gasteiger partial charge in [0.2, 0.25) is 11.8 Å². The van der Waals surface area contributed by atoms with Crippen molar-refractivity contribution in [1.82, 2.24) is 9.80 Å². The van der Waals surface area contributed by atoms with Gasteiger partial charge in [0.1, 0.15) is 0 Å². The number of carbonyl (C=O) groups excluding carboxylic acids is 2. The molecule has 1 aromatic rings. The zero-order valence-corrected chi connectivity index (χ0v) is 12.5. The number of rotatable bonds is 3. The molecule has 0 bridgehead atoms. The van der Waals surface area contributed by atoms with Crippen LogP contribution in [-0.2, 0) is 9.59 Å². The van der Waals surface area contributed by atoms with Gasteiger partial charge in [-0.3, -0.25) is 9.59 Å².